The van der Waals surface area contributed by atoms with Gasteiger partial charge in [-0.15, -0.1) is 0 Å². The van der Waals surface area contributed by atoms with E-state index in [0.717, 1.165) is 24.0 Å². The van der Waals surface area contributed by atoms with E-state index < -0.39 is 34.2 Å². The summed E-state index contributed by atoms with van der Waals surface area (Å²) in [6.07, 6.45) is -3.84. The van der Waals surface area contributed by atoms with Crippen LogP contribution in [-0.2, 0) is 21.0 Å². The molecule has 10 heteroatoms. The van der Waals surface area contributed by atoms with Crippen molar-refractivity contribution in [3.63, 3.8) is 0 Å². The molecule has 0 aliphatic heterocycles. The summed E-state index contributed by atoms with van der Waals surface area (Å²) < 4.78 is 63.3. The Morgan fingerprint density at radius 2 is 1.75 bits per heavy atom. The molecule has 28 heavy (non-hydrogen) atoms. The van der Waals surface area contributed by atoms with Gasteiger partial charge in [-0.25, -0.2) is 13.8 Å². The maximum atomic E-state index is 12.9. The first-order valence-corrected chi connectivity index (χ1v) is 9.87. The highest BCUT2D eigenvalue weighted by Gasteiger charge is 2.32. The quantitative estimate of drug-likeness (QED) is 0.584. The summed E-state index contributed by atoms with van der Waals surface area (Å²) in [5.41, 5.74) is 2.17. The zero-order valence-electron chi connectivity index (χ0n) is 15.1. The molecule has 0 unspecified atom stereocenters. The molecular formula is C18H18F3N3O3S. The van der Waals surface area contributed by atoms with Crippen molar-refractivity contribution in [3.8, 4) is 0 Å². The SMILES string of the molecule is C/C(=N/NC(=O)CN(c1cccc(C(F)(F)F)c1)S(C)(=O)=O)c1ccccc1. The zero-order chi connectivity index (χ0) is 20.9. The molecule has 0 saturated carbocycles. The van der Waals surface area contributed by atoms with Crippen molar-refractivity contribution in [2.24, 2.45) is 5.10 Å². The molecule has 0 saturated heterocycles. The van der Waals surface area contributed by atoms with Crippen molar-refractivity contribution >= 4 is 27.3 Å². The van der Waals surface area contributed by atoms with Crippen molar-refractivity contribution in [2.75, 3.05) is 17.1 Å². The molecule has 2 aromatic carbocycles. The lowest BCUT2D eigenvalue weighted by Crippen LogP contribution is -2.39. The van der Waals surface area contributed by atoms with Crippen molar-refractivity contribution in [3.05, 3.63) is 65.7 Å². The topological polar surface area (TPSA) is 78.8 Å². The number of hydrogen-bond acceptors (Lipinski definition) is 4. The number of carbonyl (C=O) groups excluding carboxylic acids is 1. The summed E-state index contributed by atoms with van der Waals surface area (Å²) in [7, 11) is -4.01. The summed E-state index contributed by atoms with van der Waals surface area (Å²) in [6, 6.07) is 12.7. The van der Waals surface area contributed by atoms with Crippen LogP contribution < -0.4 is 9.73 Å². The van der Waals surface area contributed by atoms with E-state index in [1.54, 1.807) is 31.2 Å². The van der Waals surface area contributed by atoms with Gasteiger partial charge in [-0.1, -0.05) is 36.4 Å². The van der Waals surface area contributed by atoms with E-state index in [2.05, 4.69) is 10.5 Å². The van der Waals surface area contributed by atoms with Crippen LogP contribution >= 0.6 is 0 Å². The second-order valence-electron chi connectivity index (χ2n) is 5.92. The number of benzene rings is 2. The molecule has 2 aromatic rings. The van der Waals surface area contributed by atoms with E-state index in [0.29, 0.717) is 16.1 Å². The van der Waals surface area contributed by atoms with Crippen molar-refractivity contribution in [2.45, 2.75) is 13.1 Å². The van der Waals surface area contributed by atoms with E-state index in [4.69, 9.17) is 0 Å². The van der Waals surface area contributed by atoms with E-state index in [9.17, 15) is 26.4 Å². The number of sulfonamides is 1. The third kappa shape index (κ3) is 5.81. The number of nitrogens with one attached hydrogen (secondary N) is 1. The lowest BCUT2D eigenvalue weighted by molar-refractivity contribution is -0.137. The number of anilines is 1. The van der Waals surface area contributed by atoms with Gasteiger partial charge in [0.15, 0.2) is 0 Å². The Balaban J connectivity index is 2.21. The summed E-state index contributed by atoms with van der Waals surface area (Å²) in [4.78, 5) is 12.1. The largest absolute Gasteiger partial charge is 0.416 e. The molecule has 0 radical (unpaired) electrons. The van der Waals surface area contributed by atoms with Crippen LogP contribution in [-0.4, -0.2) is 32.8 Å². The minimum absolute atomic E-state index is 0.267. The minimum Gasteiger partial charge on any atom is -0.271 e. The Kier molecular flexibility index (Phi) is 6.45. The number of amides is 1. The lowest BCUT2D eigenvalue weighted by atomic mass is 10.1. The van der Waals surface area contributed by atoms with Gasteiger partial charge < -0.3 is 0 Å². The molecule has 6 nitrogen and oxygen atoms in total. The highest BCUT2D eigenvalue weighted by Crippen LogP contribution is 2.32. The zero-order valence-corrected chi connectivity index (χ0v) is 15.9. The summed E-state index contributed by atoms with van der Waals surface area (Å²) in [5.74, 6) is -0.793. The fraction of sp³-hybridized carbons (Fsp3) is 0.222. The molecule has 0 atom stereocenters. The molecular weight excluding hydrogens is 395 g/mol. The third-order valence-corrected chi connectivity index (χ3v) is 4.83. The molecule has 0 aliphatic carbocycles. The number of hydrazone groups is 1. The molecule has 1 amide bonds. The number of rotatable bonds is 6. The molecule has 150 valence electrons. The van der Waals surface area contributed by atoms with Gasteiger partial charge >= 0.3 is 6.18 Å². The number of alkyl halides is 3. The number of nitrogens with zero attached hydrogens (tertiary/aromatic N) is 2. The van der Waals surface area contributed by atoms with Crippen LogP contribution in [0.2, 0.25) is 0 Å². The van der Waals surface area contributed by atoms with Gasteiger partial charge in [-0.3, -0.25) is 9.10 Å². The van der Waals surface area contributed by atoms with Crippen LogP contribution in [0.4, 0.5) is 18.9 Å². The van der Waals surface area contributed by atoms with Crippen molar-refractivity contribution in [1.82, 2.24) is 5.43 Å². The Hall–Kier alpha value is -2.88. The van der Waals surface area contributed by atoms with Crippen LogP contribution in [0.5, 0.6) is 0 Å². The van der Waals surface area contributed by atoms with E-state index in [1.165, 1.54) is 6.07 Å². The first-order valence-electron chi connectivity index (χ1n) is 8.02. The second kappa shape index (κ2) is 8.42. The molecule has 0 aromatic heterocycles. The third-order valence-electron chi connectivity index (χ3n) is 3.69. The predicted molar refractivity (Wildman–Crippen MR) is 100 cm³/mol. The van der Waals surface area contributed by atoms with Crippen LogP contribution in [0.3, 0.4) is 0 Å². The second-order valence-corrected chi connectivity index (χ2v) is 7.82. The van der Waals surface area contributed by atoms with Crippen LogP contribution in [0.1, 0.15) is 18.1 Å². The van der Waals surface area contributed by atoms with Gasteiger partial charge in [0, 0.05) is 0 Å². The first kappa shape index (κ1) is 21.4. The van der Waals surface area contributed by atoms with Crippen LogP contribution in [0, 0.1) is 0 Å². The average Bonchev–Trinajstić information content (AvgIpc) is 2.63. The molecule has 0 aliphatic rings. The first-order chi connectivity index (χ1) is 13.0. The maximum absolute atomic E-state index is 12.9. The van der Waals surface area contributed by atoms with Crippen molar-refractivity contribution < 1.29 is 26.4 Å². The van der Waals surface area contributed by atoms with Gasteiger partial charge in [0.05, 0.1) is 23.2 Å². The summed E-state index contributed by atoms with van der Waals surface area (Å²) in [6.45, 7) is 0.933. The van der Waals surface area contributed by atoms with Crippen molar-refractivity contribution in [1.29, 1.82) is 0 Å². The molecule has 0 heterocycles. The standard InChI is InChI=1S/C18H18F3N3O3S/c1-13(14-7-4-3-5-8-14)22-23-17(25)12-24(28(2,26)27)16-10-6-9-15(11-16)18(19,20)21/h3-11H,12H2,1-2H3,(H,23,25)/b22-13-. The Bertz CT molecular complexity index is 974. The lowest BCUT2D eigenvalue weighted by Gasteiger charge is -2.22. The molecule has 2 rings (SSSR count). The van der Waals surface area contributed by atoms with E-state index in [1.807, 2.05) is 6.07 Å². The van der Waals surface area contributed by atoms with E-state index in [-0.39, 0.29) is 5.69 Å². The predicted octanol–water partition coefficient (Wildman–Crippen LogP) is 3.01. The van der Waals surface area contributed by atoms with Crippen LogP contribution in [0.15, 0.2) is 59.7 Å². The fourth-order valence-electron chi connectivity index (χ4n) is 2.29. The van der Waals surface area contributed by atoms with Gasteiger partial charge in [-0.2, -0.15) is 18.3 Å². The van der Waals surface area contributed by atoms with Gasteiger partial charge in [0.2, 0.25) is 10.0 Å². The molecule has 0 fully saturated rings. The smallest absolute Gasteiger partial charge is 0.271 e. The Labute approximate surface area is 160 Å². The molecule has 0 spiro atoms. The highest BCUT2D eigenvalue weighted by molar-refractivity contribution is 7.92. The Morgan fingerprint density at radius 3 is 2.32 bits per heavy atom. The monoisotopic (exact) mass is 413 g/mol. The normalized spacial score (nSPS) is 12.5. The number of hydrogen-bond donors (Lipinski definition) is 1. The van der Waals surface area contributed by atoms with Gasteiger partial charge in [0.25, 0.3) is 5.91 Å². The number of halogens is 3. The van der Waals surface area contributed by atoms with Gasteiger partial charge in [-0.05, 0) is 30.7 Å². The Morgan fingerprint density at radius 1 is 1.11 bits per heavy atom. The maximum Gasteiger partial charge on any atom is 0.416 e. The minimum atomic E-state index is -4.64. The van der Waals surface area contributed by atoms with E-state index >= 15 is 0 Å². The van der Waals surface area contributed by atoms with Crippen LogP contribution in [0.25, 0.3) is 0 Å². The molecule has 0 bridgehead atoms. The van der Waals surface area contributed by atoms with Gasteiger partial charge in [0.1, 0.15) is 6.54 Å². The summed E-state index contributed by atoms with van der Waals surface area (Å²) in [5, 5.41) is 3.90. The summed E-state index contributed by atoms with van der Waals surface area (Å²) >= 11 is 0. The highest BCUT2D eigenvalue weighted by atomic mass is 32.2. The number of carbonyl (C=O) groups is 1. The fourth-order valence-corrected chi connectivity index (χ4v) is 3.14. The average molecular weight is 413 g/mol. The molecule has 1 N–H and O–H groups in total.